The lowest BCUT2D eigenvalue weighted by molar-refractivity contribution is -0.142. The fraction of sp³-hybridized carbons (Fsp3) is 0.182. The molecule has 7 nitrogen and oxygen atoms in total. The van der Waals surface area contributed by atoms with Gasteiger partial charge in [0.2, 0.25) is 6.79 Å². The summed E-state index contributed by atoms with van der Waals surface area (Å²) in [5, 5.41) is 6.57. The number of benzene rings is 2. The van der Waals surface area contributed by atoms with Crippen LogP contribution < -0.4 is 5.32 Å². The number of ether oxygens (including phenoxy) is 2. The fourth-order valence-corrected chi connectivity index (χ4v) is 3.36. The molecular formula is C22H18ClF3N4O3. The molecule has 2 heterocycles. The van der Waals surface area contributed by atoms with Crippen molar-refractivity contribution in [1.29, 1.82) is 0 Å². The Morgan fingerprint density at radius 3 is 2.48 bits per heavy atom. The van der Waals surface area contributed by atoms with Gasteiger partial charge in [-0.15, -0.1) is 0 Å². The summed E-state index contributed by atoms with van der Waals surface area (Å²) in [6, 6.07) is 14.0. The zero-order valence-electron chi connectivity index (χ0n) is 17.1. The number of aromatic nitrogens is 2. The molecule has 4 rings (SSSR count). The molecule has 0 saturated heterocycles. The van der Waals surface area contributed by atoms with Crippen LogP contribution in [0.3, 0.4) is 0 Å². The summed E-state index contributed by atoms with van der Waals surface area (Å²) in [6.07, 6.45) is -2.45. The first-order valence-corrected chi connectivity index (χ1v) is 10.1. The summed E-state index contributed by atoms with van der Waals surface area (Å²) in [4.78, 5) is 14.4. The highest BCUT2D eigenvalue weighted by molar-refractivity contribution is 6.30. The number of urea groups is 1. The SMILES string of the molecule is O=C(Nc1cnn(-c2ccc(Cl)cc2)c1C(F)(F)F)N(CC1=COCO1)Cc1ccccc1. The molecule has 0 atom stereocenters. The Balaban J connectivity index is 1.62. The van der Waals surface area contributed by atoms with E-state index in [4.69, 9.17) is 21.1 Å². The molecule has 0 spiro atoms. The average Bonchev–Trinajstić information content (AvgIpc) is 3.44. The third kappa shape index (κ3) is 5.40. The van der Waals surface area contributed by atoms with Crippen LogP contribution in [-0.4, -0.2) is 34.0 Å². The minimum atomic E-state index is -4.78. The second-order valence-corrected chi connectivity index (χ2v) is 7.51. The average molecular weight is 479 g/mol. The first kappa shape index (κ1) is 22.5. The van der Waals surface area contributed by atoms with Gasteiger partial charge in [-0.3, -0.25) is 0 Å². The normalized spacial score (nSPS) is 13.2. The summed E-state index contributed by atoms with van der Waals surface area (Å²) < 4.78 is 52.8. The maximum absolute atomic E-state index is 13.9. The second-order valence-electron chi connectivity index (χ2n) is 7.08. The van der Waals surface area contributed by atoms with E-state index in [0.29, 0.717) is 15.5 Å². The van der Waals surface area contributed by atoms with Gasteiger partial charge in [0.15, 0.2) is 11.5 Å². The highest BCUT2D eigenvalue weighted by atomic mass is 35.5. The molecule has 2 aromatic carbocycles. The van der Waals surface area contributed by atoms with Gasteiger partial charge in [0.1, 0.15) is 6.26 Å². The van der Waals surface area contributed by atoms with Crippen LogP contribution in [0.1, 0.15) is 11.3 Å². The van der Waals surface area contributed by atoms with Crippen molar-refractivity contribution in [2.45, 2.75) is 12.7 Å². The van der Waals surface area contributed by atoms with Gasteiger partial charge in [0, 0.05) is 11.6 Å². The Kier molecular flexibility index (Phi) is 6.45. The summed E-state index contributed by atoms with van der Waals surface area (Å²) in [5.41, 5.74) is -0.648. The fourth-order valence-electron chi connectivity index (χ4n) is 3.23. The Hall–Kier alpha value is -3.66. The largest absolute Gasteiger partial charge is 0.462 e. The minimum Gasteiger partial charge on any atom is -0.462 e. The lowest BCUT2D eigenvalue weighted by atomic mass is 10.2. The lowest BCUT2D eigenvalue weighted by Crippen LogP contribution is -2.36. The maximum Gasteiger partial charge on any atom is 0.435 e. The Morgan fingerprint density at radius 1 is 1.12 bits per heavy atom. The van der Waals surface area contributed by atoms with E-state index < -0.39 is 23.6 Å². The molecule has 0 unspecified atom stereocenters. The van der Waals surface area contributed by atoms with E-state index in [9.17, 15) is 18.0 Å². The van der Waals surface area contributed by atoms with E-state index in [2.05, 4.69) is 10.4 Å². The molecule has 3 aromatic rings. The van der Waals surface area contributed by atoms with Crippen molar-refractivity contribution < 1.29 is 27.4 Å². The van der Waals surface area contributed by atoms with Gasteiger partial charge in [-0.1, -0.05) is 41.9 Å². The summed E-state index contributed by atoms with van der Waals surface area (Å²) in [7, 11) is 0. The molecule has 0 fully saturated rings. The number of hydrogen-bond donors (Lipinski definition) is 1. The molecule has 11 heteroatoms. The van der Waals surface area contributed by atoms with E-state index in [0.717, 1.165) is 11.8 Å². The quantitative estimate of drug-likeness (QED) is 0.513. The molecule has 0 aliphatic carbocycles. The minimum absolute atomic E-state index is 0.00734. The van der Waals surface area contributed by atoms with Crippen molar-refractivity contribution in [3.8, 4) is 5.69 Å². The van der Waals surface area contributed by atoms with Crippen LogP contribution >= 0.6 is 11.6 Å². The van der Waals surface area contributed by atoms with Gasteiger partial charge in [0.05, 0.1) is 24.1 Å². The third-order valence-corrected chi connectivity index (χ3v) is 4.98. The predicted octanol–water partition coefficient (Wildman–Crippen LogP) is 5.42. The van der Waals surface area contributed by atoms with Gasteiger partial charge >= 0.3 is 12.2 Å². The topological polar surface area (TPSA) is 68.6 Å². The number of anilines is 1. The van der Waals surface area contributed by atoms with Gasteiger partial charge in [-0.25, -0.2) is 9.48 Å². The van der Waals surface area contributed by atoms with Crippen LogP contribution in [0, 0.1) is 0 Å². The highest BCUT2D eigenvalue weighted by Crippen LogP contribution is 2.36. The van der Waals surface area contributed by atoms with Crippen molar-refractivity contribution in [3.63, 3.8) is 0 Å². The van der Waals surface area contributed by atoms with E-state index in [1.54, 1.807) is 24.3 Å². The first-order chi connectivity index (χ1) is 15.8. The lowest BCUT2D eigenvalue weighted by Gasteiger charge is -2.23. The number of nitrogens with one attached hydrogen (secondary N) is 1. The Labute approximate surface area is 192 Å². The van der Waals surface area contributed by atoms with E-state index in [1.807, 2.05) is 6.07 Å². The molecule has 0 radical (unpaired) electrons. The molecule has 1 aliphatic rings. The van der Waals surface area contributed by atoms with Crippen molar-refractivity contribution >= 4 is 23.3 Å². The van der Waals surface area contributed by atoms with E-state index in [-0.39, 0.29) is 25.6 Å². The number of halogens is 4. The van der Waals surface area contributed by atoms with Crippen LogP contribution in [0.2, 0.25) is 5.02 Å². The van der Waals surface area contributed by atoms with Crippen molar-refractivity contribution in [2.75, 3.05) is 18.7 Å². The van der Waals surface area contributed by atoms with E-state index in [1.165, 1.54) is 35.4 Å². The smallest absolute Gasteiger partial charge is 0.435 e. The molecule has 0 saturated carbocycles. The number of amides is 2. The number of carbonyl (C=O) groups excluding carboxylic acids is 1. The monoisotopic (exact) mass is 478 g/mol. The van der Waals surface area contributed by atoms with Crippen LogP contribution in [0.15, 0.2) is 72.8 Å². The summed E-state index contributed by atoms with van der Waals surface area (Å²) in [5.74, 6) is 0.383. The second kappa shape index (κ2) is 9.45. The first-order valence-electron chi connectivity index (χ1n) is 9.76. The highest BCUT2D eigenvalue weighted by Gasteiger charge is 2.39. The Morgan fingerprint density at radius 2 is 1.85 bits per heavy atom. The number of nitrogens with zero attached hydrogens (tertiary/aromatic N) is 3. The van der Waals surface area contributed by atoms with Gasteiger partial charge in [-0.05, 0) is 29.8 Å². The molecule has 1 aromatic heterocycles. The molecule has 33 heavy (non-hydrogen) atoms. The Bertz CT molecular complexity index is 1150. The molecule has 1 aliphatic heterocycles. The summed E-state index contributed by atoms with van der Waals surface area (Å²) >= 11 is 5.84. The van der Waals surface area contributed by atoms with Crippen molar-refractivity contribution in [1.82, 2.24) is 14.7 Å². The molecular weight excluding hydrogens is 461 g/mol. The standard InChI is InChI=1S/C22H18ClF3N4O3/c23-16-6-8-17(9-7-16)30-20(22(24,25)26)19(10-27-30)28-21(31)29(12-18-13-32-14-33-18)11-15-4-2-1-3-5-15/h1-10,13H,11-12,14H2,(H,28,31). The molecule has 0 bridgehead atoms. The number of alkyl halides is 3. The number of hydrogen-bond acceptors (Lipinski definition) is 4. The van der Waals surface area contributed by atoms with Crippen molar-refractivity contribution in [3.05, 3.63) is 89.1 Å². The van der Waals surface area contributed by atoms with Crippen LogP contribution in [0.5, 0.6) is 0 Å². The van der Waals surface area contributed by atoms with Crippen LogP contribution in [0.4, 0.5) is 23.7 Å². The third-order valence-electron chi connectivity index (χ3n) is 4.73. The van der Waals surface area contributed by atoms with Crippen LogP contribution in [-0.2, 0) is 22.2 Å². The zero-order valence-corrected chi connectivity index (χ0v) is 17.8. The predicted molar refractivity (Wildman–Crippen MR) is 115 cm³/mol. The zero-order chi connectivity index (χ0) is 23.4. The molecule has 172 valence electrons. The molecule has 1 N–H and O–H groups in total. The van der Waals surface area contributed by atoms with Gasteiger partial charge in [0.25, 0.3) is 0 Å². The van der Waals surface area contributed by atoms with Gasteiger partial charge < -0.3 is 19.7 Å². The number of carbonyl (C=O) groups is 1. The molecule has 2 amide bonds. The van der Waals surface area contributed by atoms with Gasteiger partial charge in [-0.2, -0.15) is 18.3 Å². The number of rotatable bonds is 6. The summed E-state index contributed by atoms with van der Waals surface area (Å²) in [6.45, 7) is 0.162. The van der Waals surface area contributed by atoms with E-state index >= 15 is 0 Å². The maximum atomic E-state index is 13.9. The van der Waals surface area contributed by atoms with Crippen molar-refractivity contribution in [2.24, 2.45) is 0 Å². The van der Waals surface area contributed by atoms with Crippen LogP contribution in [0.25, 0.3) is 5.69 Å².